The van der Waals surface area contributed by atoms with Gasteiger partial charge in [-0.3, -0.25) is 9.59 Å². The lowest BCUT2D eigenvalue weighted by Gasteiger charge is -2.15. The van der Waals surface area contributed by atoms with Crippen LogP contribution in [0.15, 0.2) is 47.8 Å². The number of hydrogen-bond donors (Lipinski definition) is 1. The lowest BCUT2D eigenvalue weighted by Crippen LogP contribution is -2.38. The van der Waals surface area contributed by atoms with Crippen molar-refractivity contribution in [2.24, 2.45) is 0 Å². The van der Waals surface area contributed by atoms with Crippen molar-refractivity contribution in [2.75, 3.05) is 6.54 Å². The van der Waals surface area contributed by atoms with Crippen LogP contribution in [0.4, 0.5) is 0 Å². The van der Waals surface area contributed by atoms with Crippen LogP contribution in [0.1, 0.15) is 18.8 Å². The molecule has 0 fully saturated rings. The minimum Gasteiger partial charge on any atom is -0.352 e. The van der Waals surface area contributed by atoms with Crippen molar-refractivity contribution in [3.8, 4) is 5.82 Å². The van der Waals surface area contributed by atoms with Crippen molar-refractivity contribution in [1.82, 2.24) is 34.4 Å². The lowest BCUT2D eigenvalue weighted by atomic mass is 10.3. The van der Waals surface area contributed by atoms with Gasteiger partial charge in [-0.05, 0) is 26.0 Å². The molecule has 0 saturated carbocycles. The van der Waals surface area contributed by atoms with Crippen LogP contribution in [-0.2, 0) is 11.3 Å². The van der Waals surface area contributed by atoms with Gasteiger partial charge in [0.05, 0.1) is 0 Å². The Morgan fingerprint density at radius 2 is 2.12 bits per heavy atom. The number of aryl methyl sites for hydroxylation is 1. The van der Waals surface area contributed by atoms with Gasteiger partial charge in [0.1, 0.15) is 11.9 Å². The first-order valence-electron chi connectivity index (χ1n) is 7.91. The molecule has 1 amide bonds. The Bertz CT molecular complexity index is 911. The number of nitrogens with zero attached hydrogens (tertiary/aromatic N) is 6. The van der Waals surface area contributed by atoms with Crippen molar-refractivity contribution in [3.63, 3.8) is 0 Å². The molecule has 1 N–H and O–H groups in total. The Morgan fingerprint density at radius 1 is 1.28 bits per heavy atom. The maximum absolute atomic E-state index is 12.3. The quantitative estimate of drug-likeness (QED) is 0.696. The zero-order chi connectivity index (χ0) is 17.8. The Balaban J connectivity index is 1.68. The summed E-state index contributed by atoms with van der Waals surface area (Å²) in [5, 5.41) is 11.1. The van der Waals surface area contributed by atoms with E-state index in [0.29, 0.717) is 18.9 Å². The zero-order valence-corrected chi connectivity index (χ0v) is 14.0. The van der Waals surface area contributed by atoms with E-state index in [4.69, 9.17) is 0 Å². The fourth-order valence-corrected chi connectivity index (χ4v) is 2.42. The molecule has 0 aliphatic heterocycles. The van der Waals surface area contributed by atoms with Gasteiger partial charge >= 0.3 is 0 Å². The molecule has 3 aromatic rings. The minimum absolute atomic E-state index is 0.273. The average Bonchev–Trinajstić information content (AvgIpc) is 3.27. The normalized spacial score (nSPS) is 12.1. The molecule has 0 aromatic carbocycles. The number of hydrogen-bond acceptors (Lipinski definition) is 5. The fourth-order valence-electron chi connectivity index (χ4n) is 2.42. The van der Waals surface area contributed by atoms with E-state index in [2.05, 4.69) is 20.5 Å². The monoisotopic (exact) mass is 341 g/mol. The van der Waals surface area contributed by atoms with E-state index in [1.807, 2.05) is 17.7 Å². The van der Waals surface area contributed by atoms with Crippen molar-refractivity contribution in [1.29, 1.82) is 0 Å². The highest BCUT2D eigenvalue weighted by Gasteiger charge is 2.17. The first kappa shape index (κ1) is 16.6. The van der Waals surface area contributed by atoms with Crippen molar-refractivity contribution in [2.45, 2.75) is 26.4 Å². The number of amides is 1. The summed E-state index contributed by atoms with van der Waals surface area (Å²) in [6.45, 7) is 4.59. The Hall–Kier alpha value is -3.23. The third-order valence-corrected chi connectivity index (χ3v) is 3.87. The van der Waals surface area contributed by atoms with Crippen molar-refractivity contribution >= 4 is 5.91 Å². The van der Waals surface area contributed by atoms with E-state index in [0.717, 1.165) is 10.5 Å². The lowest BCUT2D eigenvalue weighted by molar-refractivity contribution is -0.124. The number of carbonyl (C=O) groups is 1. The maximum atomic E-state index is 12.3. The molecule has 0 aliphatic rings. The molecule has 1 unspecified atom stereocenters. The van der Waals surface area contributed by atoms with E-state index in [1.165, 1.54) is 10.7 Å². The van der Waals surface area contributed by atoms with E-state index >= 15 is 0 Å². The predicted octanol–water partition coefficient (Wildman–Crippen LogP) is 0.311. The summed E-state index contributed by atoms with van der Waals surface area (Å²) in [6.07, 6.45) is 6.90. The van der Waals surface area contributed by atoms with Gasteiger partial charge in [-0.25, -0.2) is 14.3 Å². The summed E-state index contributed by atoms with van der Waals surface area (Å²) in [5.74, 6) is 1.08. The molecule has 3 rings (SSSR count). The number of nitrogens with one attached hydrogen (secondary N) is 1. The molecule has 0 radical (unpaired) electrons. The topological polar surface area (TPSA) is 99.6 Å². The first-order valence-corrected chi connectivity index (χ1v) is 7.91. The molecule has 9 nitrogen and oxygen atoms in total. The number of imidazole rings is 1. The Labute approximate surface area is 143 Å². The number of aromatic nitrogens is 6. The van der Waals surface area contributed by atoms with Gasteiger partial charge in [-0.1, -0.05) is 0 Å². The van der Waals surface area contributed by atoms with Crippen LogP contribution in [0.5, 0.6) is 0 Å². The Morgan fingerprint density at radius 3 is 2.80 bits per heavy atom. The summed E-state index contributed by atoms with van der Waals surface area (Å²) in [5.41, 5.74) is -0.344. The molecule has 130 valence electrons. The molecule has 0 spiro atoms. The van der Waals surface area contributed by atoms with E-state index < -0.39 is 6.04 Å². The fraction of sp³-hybridized carbons (Fsp3) is 0.312. The molecule has 0 bridgehead atoms. The zero-order valence-electron chi connectivity index (χ0n) is 14.0. The van der Waals surface area contributed by atoms with Gasteiger partial charge in [0.2, 0.25) is 5.91 Å². The molecule has 1 atom stereocenters. The summed E-state index contributed by atoms with van der Waals surface area (Å²) in [7, 11) is 0. The van der Waals surface area contributed by atoms with Crippen molar-refractivity contribution in [3.05, 3.63) is 59.2 Å². The van der Waals surface area contributed by atoms with Gasteiger partial charge < -0.3 is 9.88 Å². The molecule has 9 heteroatoms. The second-order valence-electron chi connectivity index (χ2n) is 5.56. The second-order valence-corrected chi connectivity index (χ2v) is 5.56. The molecule has 25 heavy (non-hydrogen) atoms. The molecule has 3 aromatic heterocycles. The molecular weight excluding hydrogens is 322 g/mol. The highest BCUT2D eigenvalue weighted by Crippen LogP contribution is 2.04. The van der Waals surface area contributed by atoms with Crippen LogP contribution in [0.3, 0.4) is 0 Å². The molecular formula is C16H19N7O2. The first-order chi connectivity index (χ1) is 12.1. The largest absolute Gasteiger partial charge is 0.352 e. The summed E-state index contributed by atoms with van der Waals surface area (Å²) in [6, 6.07) is 3.97. The third-order valence-electron chi connectivity index (χ3n) is 3.87. The van der Waals surface area contributed by atoms with E-state index in [9.17, 15) is 9.59 Å². The standard InChI is InChI=1S/C16H19N7O2/c1-12(16(25)18-8-11-21-10-7-17-13(21)2)23-15(24)5-4-14(20-23)22-9-3-6-19-22/h3-7,9-10,12H,8,11H2,1-2H3,(H,18,25). The average molecular weight is 341 g/mol. The van der Waals surface area contributed by atoms with Gasteiger partial charge in [0.25, 0.3) is 5.56 Å². The van der Waals surface area contributed by atoms with Crippen LogP contribution in [0.25, 0.3) is 5.82 Å². The van der Waals surface area contributed by atoms with Crippen molar-refractivity contribution < 1.29 is 4.79 Å². The van der Waals surface area contributed by atoms with Crippen LogP contribution < -0.4 is 10.9 Å². The van der Waals surface area contributed by atoms with Gasteiger partial charge in [0, 0.05) is 43.9 Å². The number of rotatable bonds is 6. The van der Waals surface area contributed by atoms with E-state index in [-0.39, 0.29) is 11.5 Å². The van der Waals surface area contributed by atoms with Crippen LogP contribution >= 0.6 is 0 Å². The SMILES string of the molecule is Cc1nccn1CCNC(=O)C(C)n1nc(-n2cccn2)ccc1=O. The smallest absolute Gasteiger partial charge is 0.267 e. The molecule has 0 saturated heterocycles. The molecule has 3 heterocycles. The maximum Gasteiger partial charge on any atom is 0.267 e. The Kier molecular flexibility index (Phi) is 4.73. The summed E-state index contributed by atoms with van der Waals surface area (Å²) >= 11 is 0. The van der Waals surface area contributed by atoms with Crippen LogP contribution in [0.2, 0.25) is 0 Å². The summed E-state index contributed by atoms with van der Waals surface area (Å²) in [4.78, 5) is 28.5. The number of carbonyl (C=O) groups excluding carboxylic acids is 1. The third kappa shape index (κ3) is 3.65. The molecule has 0 aliphatic carbocycles. The van der Waals surface area contributed by atoms with Gasteiger partial charge in [-0.15, -0.1) is 5.10 Å². The summed E-state index contributed by atoms with van der Waals surface area (Å²) < 4.78 is 4.63. The minimum atomic E-state index is -0.730. The predicted molar refractivity (Wildman–Crippen MR) is 90.3 cm³/mol. The van der Waals surface area contributed by atoms with Crippen LogP contribution in [-0.4, -0.2) is 41.6 Å². The van der Waals surface area contributed by atoms with Crippen LogP contribution in [0, 0.1) is 6.92 Å². The highest BCUT2D eigenvalue weighted by atomic mass is 16.2. The van der Waals surface area contributed by atoms with E-state index in [1.54, 1.807) is 37.6 Å². The highest BCUT2D eigenvalue weighted by molar-refractivity contribution is 5.79. The second kappa shape index (κ2) is 7.12. The van der Waals surface area contributed by atoms with Gasteiger partial charge in [-0.2, -0.15) is 5.10 Å². The van der Waals surface area contributed by atoms with Gasteiger partial charge in [0.15, 0.2) is 5.82 Å².